The van der Waals surface area contributed by atoms with Crippen LogP contribution in [0.5, 0.6) is 0 Å². The molecule has 0 spiro atoms. The lowest BCUT2D eigenvalue weighted by atomic mass is 9.92. The van der Waals surface area contributed by atoms with Crippen LogP contribution in [0, 0.1) is 17.3 Å². The quantitative estimate of drug-likeness (QED) is 0.539. The Balaban J connectivity index is 1.96. The zero-order chi connectivity index (χ0) is 12.0. The molecule has 0 bridgehead atoms. The molecule has 1 rings (SSSR count). The molecule has 0 aromatic rings. The molecule has 16 heavy (non-hydrogen) atoms. The van der Waals surface area contributed by atoms with E-state index in [-0.39, 0.29) is 12.1 Å². The van der Waals surface area contributed by atoms with Crippen LogP contribution >= 0.6 is 0 Å². The Morgan fingerprint density at radius 3 is 2.25 bits per heavy atom. The summed E-state index contributed by atoms with van der Waals surface area (Å²) in [5.41, 5.74) is 0.0807. The molecule has 0 N–H and O–H groups in total. The molecule has 1 aliphatic rings. The number of alkyl halides is 1. The predicted octanol–water partition coefficient (Wildman–Crippen LogP) is 4.22. The number of rotatable bonds is 9. The minimum atomic E-state index is -0.119. The second-order valence-electron chi connectivity index (χ2n) is 6.03. The summed E-state index contributed by atoms with van der Waals surface area (Å²) in [4.78, 5) is 0. The van der Waals surface area contributed by atoms with Gasteiger partial charge in [0.25, 0.3) is 0 Å². The van der Waals surface area contributed by atoms with E-state index in [2.05, 4.69) is 20.8 Å². The van der Waals surface area contributed by atoms with Gasteiger partial charge in [-0.3, -0.25) is 4.39 Å². The van der Waals surface area contributed by atoms with Crippen molar-refractivity contribution in [3.8, 4) is 0 Å². The fourth-order valence-corrected chi connectivity index (χ4v) is 2.12. The number of hydrogen-bond acceptors (Lipinski definition) is 1. The molecule has 1 saturated carbocycles. The van der Waals surface area contributed by atoms with Crippen LogP contribution in [-0.4, -0.2) is 19.9 Å². The molecule has 1 unspecified atom stereocenters. The van der Waals surface area contributed by atoms with E-state index in [0.29, 0.717) is 5.92 Å². The van der Waals surface area contributed by atoms with Crippen LogP contribution in [0.3, 0.4) is 0 Å². The van der Waals surface area contributed by atoms with Crippen molar-refractivity contribution in [2.24, 2.45) is 17.3 Å². The van der Waals surface area contributed by atoms with Gasteiger partial charge in [0.1, 0.15) is 0 Å². The van der Waals surface area contributed by atoms with Crippen LogP contribution in [0.2, 0.25) is 0 Å². The molecule has 0 aromatic heterocycles. The number of hydrogen-bond donors (Lipinski definition) is 0. The van der Waals surface area contributed by atoms with Crippen LogP contribution in [0.1, 0.15) is 52.9 Å². The molecule has 1 atom stereocenters. The molecule has 0 heterocycles. The Hall–Kier alpha value is -0.110. The van der Waals surface area contributed by atoms with Gasteiger partial charge in [0.05, 0.1) is 6.67 Å². The van der Waals surface area contributed by atoms with Gasteiger partial charge in [-0.25, -0.2) is 0 Å². The molecule has 0 saturated heterocycles. The molecule has 0 amide bonds. The molecular formula is C14H27FO. The minimum absolute atomic E-state index is 0.0807. The van der Waals surface area contributed by atoms with Crippen molar-refractivity contribution in [3.05, 3.63) is 0 Å². The van der Waals surface area contributed by atoms with Crippen LogP contribution < -0.4 is 0 Å². The highest BCUT2D eigenvalue weighted by molar-refractivity contribution is 4.93. The van der Waals surface area contributed by atoms with Gasteiger partial charge in [0.15, 0.2) is 0 Å². The summed E-state index contributed by atoms with van der Waals surface area (Å²) >= 11 is 0. The third kappa shape index (κ3) is 5.29. The van der Waals surface area contributed by atoms with Gasteiger partial charge in [0.2, 0.25) is 0 Å². The average Bonchev–Trinajstić information content (AvgIpc) is 2.97. The van der Waals surface area contributed by atoms with Crippen LogP contribution in [0.25, 0.3) is 0 Å². The topological polar surface area (TPSA) is 9.23 Å². The van der Waals surface area contributed by atoms with Crippen molar-refractivity contribution < 1.29 is 9.13 Å². The highest BCUT2D eigenvalue weighted by atomic mass is 19.1. The van der Waals surface area contributed by atoms with E-state index in [1.165, 1.54) is 0 Å². The minimum Gasteiger partial charge on any atom is -0.381 e. The van der Waals surface area contributed by atoms with Crippen molar-refractivity contribution >= 4 is 0 Å². The Morgan fingerprint density at radius 2 is 1.75 bits per heavy atom. The second kappa shape index (κ2) is 6.58. The van der Waals surface area contributed by atoms with Crippen LogP contribution in [-0.2, 0) is 4.74 Å². The smallest absolute Gasteiger partial charge is 0.0950 e. The Labute approximate surface area is 99.8 Å². The van der Waals surface area contributed by atoms with E-state index >= 15 is 0 Å². The van der Waals surface area contributed by atoms with Crippen LogP contribution in [0.4, 0.5) is 4.39 Å². The molecular weight excluding hydrogens is 203 g/mol. The van der Waals surface area contributed by atoms with E-state index in [1.807, 2.05) is 0 Å². The summed E-state index contributed by atoms with van der Waals surface area (Å²) in [7, 11) is 0. The third-order valence-corrected chi connectivity index (χ3v) is 3.62. The summed E-state index contributed by atoms with van der Waals surface area (Å²) in [5.74, 6) is 1.33. The molecule has 96 valence electrons. The summed E-state index contributed by atoms with van der Waals surface area (Å²) in [5, 5.41) is 0. The van der Waals surface area contributed by atoms with Gasteiger partial charge in [-0.15, -0.1) is 0 Å². The Morgan fingerprint density at radius 1 is 1.12 bits per heavy atom. The van der Waals surface area contributed by atoms with Crippen molar-refractivity contribution in [2.75, 3.05) is 19.9 Å². The van der Waals surface area contributed by atoms with Crippen molar-refractivity contribution in [3.63, 3.8) is 0 Å². The summed E-state index contributed by atoms with van der Waals surface area (Å²) < 4.78 is 18.3. The van der Waals surface area contributed by atoms with Gasteiger partial charge >= 0.3 is 0 Å². The average molecular weight is 230 g/mol. The van der Waals surface area contributed by atoms with Crippen LogP contribution in [0.15, 0.2) is 0 Å². The largest absolute Gasteiger partial charge is 0.381 e. The first-order valence-corrected chi connectivity index (χ1v) is 6.72. The first-order chi connectivity index (χ1) is 7.58. The standard InChI is InChI=1S/C14H27FO/c1-12(2)4-8-16-9-5-13(3)10-14(11-15)6-7-14/h12-13H,4-11H2,1-3H3. The number of ether oxygens (including phenoxy) is 1. The monoisotopic (exact) mass is 230 g/mol. The maximum atomic E-state index is 12.7. The van der Waals surface area contributed by atoms with E-state index in [0.717, 1.165) is 51.2 Å². The predicted molar refractivity (Wildman–Crippen MR) is 66.3 cm³/mol. The molecule has 2 heteroatoms. The lowest BCUT2D eigenvalue weighted by Gasteiger charge is -2.17. The van der Waals surface area contributed by atoms with E-state index in [1.54, 1.807) is 0 Å². The van der Waals surface area contributed by atoms with Gasteiger partial charge in [-0.1, -0.05) is 20.8 Å². The van der Waals surface area contributed by atoms with Gasteiger partial charge in [-0.2, -0.15) is 0 Å². The maximum Gasteiger partial charge on any atom is 0.0950 e. The molecule has 1 aliphatic carbocycles. The lowest BCUT2D eigenvalue weighted by molar-refractivity contribution is 0.107. The molecule has 1 fully saturated rings. The summed E-state index contributed by atoms with van der Waals surface area (Å²) in [6.07, 6.45) is 5.48. The maximum absolute atomic E-state index is 12.7. The zero-order valence-electron chi connectivity index (χ0n) is 11.1. The zero-order valence-corrected chi connectivity index (χ0v) is 11.1. The highest BCUT2D eigenvalue weighted by Gasteiger charge is 2.43. The normalized spacial score (nSPS) is 20.1. The van der Waals surface area contributed by atoms with E-state index in [4.69, 9.17) is 4.74 Å². The fraction of sp³-hybridized carbons (Fsp3) is 1.00. The SMILES string of the molecule is CC(C)CCOCCC(C)CC1(CF)CC1. The van der Waals surface area contributed by atoms with Gasteiger partial charge in [0, 0.05) is 13.2 Å². The summed E-state index contributed by atoms with van der Waals surface area (Å²) in [6, 6.07) is 0. The molecule has 0 radical (unpaired) electrons. The molecule has 0 aliphatic heterocycles. The van der Waals surface area contributed by atoms with E-state index in [9.17, 15) is 4.39 Å². The fourth-order valence-electron chi connectivity index (χ4n) is 2.12. The van der Waals surface area contributed by atoms with Gasteiger partial charge < -0.3 is 4.74 Å². The number of halogens is 1. The Kier molecular flexibility index (Phi) is 5.74. The third-order valence-electron chi connectivity index (χ3n) is 3.62. The van der Waals surface area contributed by atoms with Gasteiger partial charge in [-0.05, 0) is 49.4 Å². The highest BCUT2D eigenvalue weighted by Crippen LogP contribution is 2.51. The van der Waals surface area contributed by atoms with Crippen molar-refractivity contribution in [1.29, 1.82) is 0 Å². The molecule has 0 aromatic carbocycles. The van der Waals surface area contributed by atoms with Crippen molar-refractivity contribution in [1.82, 2.24) is 0 Å². The summed E-state index contributed by atoms with van der Waals surface area (Å²) in [6.45, 7) is 8.25. The molecule has 1 nitrogen and oxygen atoms in total. The lowest BCUT2D eigenvalue weighted by Crippen LogP contribution is -2.11. The first-order valence-electron chi connectivity index (χ1n) is 6.72. The Bertz CT molecular complexity index is 187. The van der Waals surface area contributed by atoms with E-state index < -0.39 is 0 Å². The first kappa shape index (κ1) is 14.0. The van der Waals surface area contributed by atoms with Crippen molar-refractivity contribution in [2.45, 2.75) is 52.9 Å². The second-order valence-corrected chi connectivity index (χ2v) is 6.03.